The van der Waals surface area contributed by atoms with Gasteiger partial charge in [-0.25, -0.2) is 14.2 Å². The number of imidazole rings is 1. The Labute approximate surface area is 194 Å². The lowest BCUT2D eigenvalue weighted by Gasteiger charge is -2.40. The van der Waals surface area contributed by atoms with Gasteiger partial charge >= 0.3 is 11.7 Å². The average molecular weight is 458 g/mol. The van der Waals surface area contributed by atoms with E-state index in [9.17, 15) is 19.5 Å². The number of hydrogen-bond donors (Lipinski definition) is 2. The summed E-state index contributed by atoms with van der Waals surface area (Å²) in [6, 6.07) is 7.49. The Hall–Kier alpha value is -2.65. The van der Waals surface area contributed by atoms with Crippen LogP contribution in [0.25, 0.3) is 11.0 Å². The number of nitrogens with one attached hydrogen (secondary N) is 1. The molecule has 0 aliphatic carbocycles. The predicted molar refractivity (Wildman–Crippen MR) is 126 cm³/mol. The second-order valence-corrected chi connectivity index (χ2v) is 9.82. The molecule has 0 saturated carbocycles. The molecular weight excluding hydrogens is 422 g/mol. The van der Waals surface area contributed by atoms with Crippen molar-refractivity contribution in [1.82, 2.24) is 24.3 Å². The van der Waals surface area contributed by atoms with Gasteiger partial charge in [0.25, 0.3) is 0 Å². The van der Waals surface area contributed by atoms with Crippen LogP contribution in [-0.2, 0) is 4.79 Å². The van der Waals surface area contributed by atoms with Gasteiger partial charge in [0.05, 0.1) is 17.1 Å². The fourth-order valence-electron chi connectivity index (χ4n) is 5.54. The standard InChI is InChI=1S/C24H35N5O4/c1-15(2)28-21-7-5-6-8-22(21)29(24(28)33)23(32)25-17-11-18-9-10-19(12-17)27(18)14-20(31)13-26(4)16(3)30/h5-8,15,17-20,31H,9-14H2,1-4H3,(H,25,32)/t17?,18?,19?,20-/m0/s1. The number of amides is 2. The lowest BCUT2D eigenvalue weighted by Crippen LogP contribution is -2.54. The molecule has 2 unspecified atom stereocenters. The van der Waals surface area contributed by atoms with Crippen LogP contribution >= 0.6 is 0 Å². The predicted octanol–water partition coefficient (Wildman–Crippen LogP) is 1.78. The van der Waals surface area contributed by atoms with E-state index in [4.69, 9.17) is 0 Å². The zero-order valence-corrected chi connectivity index (χ0v) is 19.9. The van der Waals surface area contributed by atoms with Gasteiger partial charge in [-0.15, -0.1) is 0 Å². The molecule has 2 aliphatic heterocycles. The summed E-state index contributed by atoms with van der Waals surface area (Å²) in [7, 11) is 1.69. The van der Waals surface area contributed by atoms with Crippen molar-refractivity contribution in [3.63, 3.8) is 0 Å². The molecule has 2 aliphatic rings. The first kappa shape index (κ1) is 23.5. The van der Waals surface area contributed by atoms with Crippen molar-refractivity contribution in [2.75, 3.05) is 20.1 Å². The number of piperidine rings is 1. The highest BCUT2D eigenvalue weighted by molar-refractivity contribution is 5.89. The third kappa shape index (κ3) is 4.56. The van der Waals surface area contributed by atoms with Crippen LogP contribution in [0.15, 0.2) is 29.1 Å². The summed E-state index contributed by atoms with van der Waals surface area (Å²) in [6.07, 6.45) is 3.02. The Balaban J connectivity index is 1.44. The molecule has 3 heterocycles. The number of benzene rings is 1. The number of hydrogen-bond acceptors (Lipinski definition) is 5. The number of aliphatic hydroxyl groups is 1. The van der Waals surface area contributed by atoms with Crippen LogP contribution in [0, 0.1) is 0 Å². The highest BCUT2D eigenvalue weighted by atomic mass is 16.3. The second kappa shape index (κ2) is 9.30. The molecule has 2 bridgehead atoms. The van der Waals surface area contributed by atoms with Gasteiger partial charge in [0, 0.05) is 51.2 Å². The summed E-state index contributed by atoms with van der Waals surface area (Å²) >= 11 is 0. The Bertz CT molecular complexity index is 1080. The minimum Gasteiger partial charge on any atom is -0.390 e. The molecule has 180 valence electrons. The van der Waals surface area contributed by atoms with Gasteiger partial charge in [-0.3, -0.25) is 14.3 Å². The molecule has 2 amide bonds. The molecule has 9 nitrogen and oxygen atoms in total. The zero-order chi connectivity index (χ0) is 23.9. The van der Waals surface area contributed by atoms with E-state index >= 15 is 0 Å². The molecule has 1 aromatic heterocycles. The molecule has 2 saturated heterocycles. The van der Waals surface area contributed by atoms with Gasteiger partial charge < -0.3 is 15.3 Å². The van der Waals surface area contributed by atoms with E-state index in [1.54, 1.807) is 17.7 Å². The van der Waals surface area contributed by atoms with Crippen molar-refractivity contribution >= 4 is 23.0 Å². The molecular formula is C24H35N5O4. The van der Waals surface area contributed by atoms with Crippen molar-refractivity contribution < 1.29 is 14.7 Å². The smallest absolute Gasteiger partial charge is 0.337 e. The number of carbonyl (C=O) groups is 2. The summed E-state index contributed by atoms with van der Waals surface area (Å²) in [5.41, 5.74) is 1.06. The van der Waals surface area contributed by atoms with E-state index in [0.717, 1.165) is 31.2 Å². The first-order chi connectivity index (χ1) is 15.7. The van der Waals surface area contributed by atoms with Gasteiger partial charge in [0.15, 0.2) is 0 Å². The largest absolute Gasteiger partial charge is 0.390 e. The molecule has 0 spiro atoms. The number of carbonyl (C=O) groups excluding carboxylic acids is 2. The van der Waals surface area contributed by atoms with E-state index in [2.05, 4.69) is 10.2 Å². The SMILES string of the molecule is CC(=O)N(C)C[C@H](O)CN1C2CCC1CC(NC(=O)n1c(=O)n(C(C)C)c3ccccc31)C2. The van der Waals surface area contributed by atoms with E-state index in [-0.39, 0.29) is 41.8 Å². The molecule has 4 rings (SSSR count). The highest BCUT2D eigenvalue weighted by Crippen LogP contribution is 2.36. The Morgan fingerprint density at radius 2 is 1.76 bits per heavy atom. The van der Waals surface area contributed by atoms with E-state index in [1.807, 2.05) is 32.0 Å². The third-order valence-electron chi connectivity index (χ3n) is 7.15. The third-order valence-corrected chi connectivity index (χ3v) is 7.15. The average Bonchev–Trinajstić information content (AvgIpc) is 3.16. The van der Waals surface area contributed by atoms with Crippen molar-refractivity contribution in [2.45, 2.75) is 76.7 Å². The summed E-state index contributed by atoms with van der Waals surface area (Å²) < 4.78 is 2.91. The normalized spacial score (nSPS) is 23.8. The number of rotatable bonds is 6. The van der Waals surface area contributed by atoms with Gasteiger partial charge in [0.2, 0.25) is 5.91 Å². The highest BCUT2D eigenvalue weighted by Gasteiger charge is 2.42. The zero-order valence-electron chi connectivity index (χ0n) is 19.9. The van der Waals surface area contributed by atoms with Crippen LogP contribution in [0.3, 0.4) is 0 Å². The number of para-hydroxylation sites is 2. The van der Waals surface area contributed by atoms with Crippen molar-refractivity contribution in [1.29, 1.82) is 0 Å². The molecule has 33 heavy (non-hydrogen) atoms. The first-order valence-electron chi connectivity index (χ1n) is 11.9. The summed E-state index contributed by atoms with van der Waals surface area (Å²) in [6.45, 7) is 6.20. The number of nitrogens with zero attached hydrogens (tertiary/aromatic N) is 4. The van der Waals surface area contributed by atoms with Gasteiger partial charge in [-0.05, 0) is 51.7 Å². The van der Waals surface area contributed by atoms with Crippen molar-refractivity contribution in [3.05, 3.63) is 34.7 Å². The van der Waals surface area contributed by atoms with Crippen LogP contribution < -0.4 is 11.0 Å². The Kier molecular flexibility index (Phi) is 6.63. The summed E-state index contributed by atoms with van der Waals surface area (Å²) in [4.78, 5) is 41.6. The van der Waals surface area contributed by atoms with Crippen LogP contribution in [0.5, 0.6) is 0 Å². The van der Waals surface area contributed by atoms with Crippen molar-refractivity contribution in [3.8, 4) is 0 Å². The topological polar surface area (TPSA) is 99.8 Å². The summed E-state index contributed by atoms with van der Waals surface area (Å²) in [5.74, 6) is -0.0625. The van der Waals surface area contributed by atoms with Crippen LogP contribution in [-0.4, -0.2) is 80.3 Å². The van der Waals surface area contributed by atoms with Gasteiger partial charge in [-0.2, -0.15) is 0 Å². The van der Waals surface area contributed by atoms with Gasteiger partial charge in [-0.1, -0.05) is 12.1 Å². The monoisotopic (exact) mass is 457 g/mol. The quantitative estimate of drug-likeness (QED) is 0.689. The van der Waals surface area contributed by atoms with Crippen LogP contribution in [0.1, 0.15) is 52.5 Å². The number of aliphatic hydroxyl groups excluding tert-OH is 1. The maximum Gasteiger partial charge on any atom is 0.337 e. The van der Waals surface area contributed by atoms with Crippen molar-refractivity contribution in [2.24, 2.45) is 0 Å². The lowest BCUT2D eigenvalue weighted by molar-refractivity contribution is -0.129. The second-order valence-electron chi connectivity index (χ2n) is 9.82. The van der Waals surface area contributed by atoms with E-state index in [1.165, 1.54) is 16.4 Å². The van der Waals surface area contributed by atoms with Crippen LogP contribution in [0.2, 0.25) is 0 Å². The molecule has 0 radical (unpaired) electrons. The molecule has 2 fully saturated rings. The van der Waals surface area contributed by atoms with Gasteiger partial charge in [0.1, 0.15) is 0 Å². The maximum atomic E-state index is 13.2. The number of likely N-dealkylation sites (N-methyl/N-ethyl adjacent to an activating group) is 1. The lowest BCUT2D eigenvalue weighted by atomic mass is 9.97. The Morgan fingerprint density at radius 3 is 2.33 bits per heavy atom. The molecule has 1 aromatic carbocycles. The molecule has 9 heteroatoms. The maximum absolute atomic E-state index is 13.2. The summed E-state index contributed by atoms with van der Waals surface area (Å²) in [5, 5.41) is 13.6. The fraction of sp³-hybridized carbons (Fsp3) is 0.625. The minimum absolute atomic E-state index is 0.0173. The van der Waals surface area contributed by atoms with Crippen LogP contribution in [0.4, 0.5) is 4.79 Å². The fourth-order valence-corrected chi connectivity index (χ4v) is 5.54. The Morgan fingerprint density at radius 1 is 1.15 bits per heavy atom. The first-order valence-corrected chi connectivity index (χ1v) is 11.9. The molecule has 3 atom stereocenters. The van der Waals surface area contributed by atoms with E-state index in [0.29, 0.717) is 18.6 Å². The molecule has 2 aromatic rings. The van der Waals surface area contributed by atoms with E-state index < -0.39 is 6.10 Å². The number of aromatic nitrogens is 2. The minimum atomic E-state index is -0.603. The molecule has 2 N–H and O–H groups in total. The number of fused-ring (bicyclic) bond motifs is 3.